The molecule has 4 rings (SSSR count). The zero-order valence-corrected chi connectivity index (χ0v) is 17.5. The van der Waals surface area contributed by atoms with Crippen molar-refractivity contribution in [2.45, 2.75) is 19.5 Å². The fourth-order valence-electron chi connectivity index (χ4n) is 3.16. The highest BCUT2D eigenvalue weighted by molar-refractivity contribution is 7.16. The monoisotopic (exact) mass is 448 g/mol. The molecule has 0 unspecified atom stereocenters. The minimum Gasteiger partial charge on any atom is -0.406 e. The van der Waals surface area contributed by atoms with Crippen LogP contribution in [-0.4, -0.2) is 40.0 Å². The summed E-state index contributed by atoms with van der Waals surface area (Å²) in [4.78, 5) is 2.25. The smallest absolute Gasteiger partial charge is 0.406 e. The highest BCUT2D eigenvalue weighted by Gasteiger charge is 2.31. The third-order valence-electron chi connectivity index (χ3n) is 4.68. The van der Waals surface area contributed by atoms with Crippen LogP contribution < -0.4 is 14.4 Å². The fraction of sp³-hybridized carbons (Fsp3) is 0.250. The second-order valence-corrected chi connectivity index (χ2v) is 8.07. The number of fused-ring (bicyclic) bond motifs is 1. The van der Waals surface area contributed by atoms with Gasteiger partial charge in [0.15, 0.2) is 4.80 Å². The van der Waals surface area contributed by atoms with Crippen molar-refractivity contribution in [1.29, 1.82) is 5.41 Å². The van der Waals surface area contributed by atoms with Crippen LogP contribution in [-0.2, 0) is 13.1 Å². The van der Waals surface area contributed by atoms with Gasteiger partial charge in [0, 0.05) is 31.9 Å². The Morgan fingerprint density at radius 3 is 2.52 bits per heavy atom. The Kier molecular flexibility index (Phi) is 5.44. The van der Waals surface area contributed by atoms with E-state index in [-0.39, 0.29) is 10.6 Å². The van der Waals surface area contributed by atoms with E-state index in [9.17, 15) is 13.2 Å². The number of ether oxygens (including phenoxy) is 1. The van der Waals surface area contributed by atoms with Crippen molar-refractivity contribution in [2.75, 3.05) is 19.0 Å². The third kappa shape index (κ3) is 4.71. The molecule has 0 fully saturated rings. The Morgan fingerprint density at radius 2 is 1.84 bits per heavy atom. The van der Waals surface area contributed by atoms with E-state index in [1.165, 1.54) is 18.2 Å². The summed E-state index contributed by atoms with van der Waals surface area (Å²) in [6.07, 6.45) is -2.92. The third-order valence-corrected chi connectivity index (χ3v) is 5.64. The van der Waals surface area contributed by atoms with Gasteiger partial charge < -0.3 is 14.2 Å². The first-order valence-electron chi connectivity index (χ1n) is 9.31. The summed E-state index contributed by atoms with van der Waals surface area (Å²) in [7, 11) is 3.95. The standard InChI is InChI=1S/C20H19F3N6OS/c1-27(2)14-5-3-13(4-6-14)16-12-28(26-25-16)9-10-29-17-8-7-15(30-20(21,22)23)11-18(17)31-19(29)24/h3-8,11-12,24H,9-10H2,1-2H3. The number of nitrogens with one attached hydrogen (secondary N) is 1. The highest BCUT2D eigenvalue weighted by Crippen LogP contribution is 2.28. The lowest BCUT2D eigenvalue weighted by molar-refractivity contribution is -0.274. The number of nitrogens with zero attached hydrogens (tertiary/aromatic N) is 5. The SMILES string of the molecule is CN(C)c1ccc(-c2cn(CCn3c(=N)sc4cc(OC(F)(F)F)ccc43)nn2)cc1. The Balaban J connectivity index is 1.49. The van der Waals surface area contributed by atoms with Crippen LogP contribution >= 0.6 is 11.3 Å². The number of rotatable bonds is 6. The maximum Gasteiger partial charge on any atom is 0.573 e. The van der Waals surface area contributed by atoms with E-state index in [4.69, 9.17) is 5.41 Å². The van der Waals surface area contributed by atoms with Gasteiger partial charge in [-0.2, -0.15) is 0 Å². The first kappa shape index (κ1) is 20.9. The summed E-state index contributed by atoms with van der Waals surface area (Å²) in [5.41, 5.74) is 3.45. The van der Waals surface area contributed by atoms with Gasteiger partial charge in [-0.1, -0.05) is 28.7 Å². The van der Waals surface area contributed by atoms with Crippen molar-refractivity contribution in [1.82, 2.24) is 19.6 Å². The molecule has 31 heavy (non-hydrogen) atoms. The number of benzene rings is 2. The van der Waals surface area contributed by atoms with E-state index in [0.29, 0.717) is 23.3 Å². The molecule has 162 valence electrons. The Labute approximate surface area is 179 Å². The summed E-state index contributed by atoms with van der Waals surface area (Å²) in [5.74, 6) is -0.297. The van der Waals surface area contributed by atoms with Gasteiger partial charge in [0.25, 0.3) is 0 Å². The van der Waals surface area contributed by atoms with Crippen molar-refractivity contribution in [2.24, 2.45) is 0 Å². The van der Waals surface area contributed by atoms with Gasteiger partial charge in [-0.05, 0) is 30.3 Å². The molecule has 0 spiro atoms. The van der Waals surface area contributed by atoms with Gasteiger partial charge in [0.05, 0.1) is 23.0 Å². The van der Waals surface area contributed by atoms with E-state index in [2.05, 4.69) is 15.0 Å². The zero-order valence-electron chi connectivity index (χ0n) is 16.7. The summed E-state index contributed by atoms with van der Waals surface area (Å²) < 4.78 is 45.2. The van der Waals surface area contributed by atoms with Crippen molar-refractivity contribution in [3.63, 3.8) is 0 Å². The van der Waals surface area contributed by atoms with Gasteiger partial charge in [0.1, 0.15) is 11.4 Å². The molecule has 2 heterocycles. The van der Waals surface area contributed by atoms with Crippen LogP contribution in [0.15, 0.2) is 48.7 Å². The quantitative estimate of drug-likeness (QED) is 0.482. The molecule has 0 saturated heterocycles. The first-order valence-corrected chi connectivity index (χ1v) is 10.1. The number of hydrogen-bond donors (Lipinski definition) is 1. The van der Waals surface area contributed by atoms with Crippen LogP contribution in [0.3, 0.4) is 0 Å². The summed E-state index contributed by atoms with van der Waals surface area (Å²) in [6.45, 7) is 0.895. The first-order chi connectivity index (χ1) is 14.7. The fourth-order valence-corrected chi connectivity index (χ4v) is 4.13. The topological polar surface area (TPSA) is 72.0 Å². The molecule has 2 aromatic heterocycles. The molecule has 11 heteroatoms. The highest BCUT2D eigenvalue weighted by atomic mass is 32.1. The average molecular weight is 448 g/mol. The minimum atomic E-state index is -4.75. The number of aryl methyl sites for hydroxylation is 2. The number of thiazole rings is 1. The molecule has 0 atom stereocenters. The van der Waals surface area contributed by atoms with E-state index in [0.717, 1.165) is 28.3 Å². The van der Waals surface area contributed by atoms with Crippen LogP contribution in [0.4, 0.5) is 18.9 Å². The van der Waals surface area contributed by atoms with Crippen LogP contribution in [0.25, 0.3) is 21.5 Å². The molecule has 7 nitrogen and oxygen atoms in total. The molecule has 0 radical (unpaired) electrons. The molecule has 4 aromatic rings. The molecule has 0 aliphatic rings. The summed E-state index contributed by atoms with van der Waals surface area (Å²) in [5, 5.41) is 16.5. The Morgan fingerprint density at radius 1 is 1.10 bits per heavy atom. The normalized spacial score (nSPS) is 11.8. The van der Waals surface area contributed by atoms with Crippen molar-refractivity contribution < 1.29 is 17.9 Å². The van der Waals surface area contributed by atoms with Crippen LogP contribution in [0.1, 0.15) is 0 Å². The molecule has 2 aromatic carbocycles. The van der Waals surface area contributed by atoms with Crippen LogP contribution in [0.5, 0.6) is 5.75 Å². The summed E-state index contributed by atoms with van der Waals surface area (Å²) >= 11 is 1.09. The van der Waals surface area contributed by atoms with Crippen molar-refractivity contribution in [3.05, 3.63) is 53.5 Å². The predicted molar refractivity (Wildman–Crippen MR) is 112 cm³/mol. The molecule has 1 N–H and O–H groups in total. The molecule has 0 bridgehead atoms. The minimum absolute atomic E-state index is 0.235. The van der Waals surface area contributed by atoms with E-state index in [1.807, 2.05) is 49.5 Å². The number of halogens is 3. The zero-order chi connectivity index (χ0) is 22.2. The van der Waals surface area contributed by atoms with Crippen LogP contribution in [0.2, 0.25) is 0 Å². The molecule has 0 aliphatic carbocycles. The van der Waals surface area contributed by atoms with Gasteiger partial charge in [-0.15, -0.1) is 18.3 Å². The van der Waals surface area contributed by atoms with Crippen molar-refractivity contribution >= 4 is 27.2 Å². The lowest BCUT2D eigenvalue weighted by atomic mass is 10.1. The maximum atomic E-state index is 12.4. The second kappa shape index (κ2) is 8.06. The van der Waals surface area contributed by atoms with Gasteiger partial charge in [0.2, 0.25) is 0 Å². The van der Waals surface area contributed by atoms with Gasteiger partial charge in [-0.25, -0.2) is 0 Å². The van der Waals surface area contributed by atoms with E-state index >= 15 is 0 Å². The lowest BCUT2D eigenvalue weighted by Crippen LogP contribution is -2.17. The molecule has 0 saturated carbocycles. The van der Waals surface area contributed by atoms with Gasteiger partial charge >= 0.3 is 6.36 Å². The number of alkyl halides is 3. The Bertz CT molecular complexity index is 1260. The Hall–Kier alpha value is -3.34. The van der Waals surface area contributed by atoms with Gasteiger partial charge in [-0.3, -0.25) is 10.1 Å². The predicted octanol–water partition coefficient (Wildman–Crippen LogP) is 4.11. The lowest BCUT2D eigenvalue weighted by Gasteiger charge is -2.11. The summed E-state index contributed by atoms with van der Waals surface area (Å²) in [6, 6.07) is 12.1. The average Bonchev–Trinajstić information content (AvgIpc) is 3.28. The molecular formula is C20H19F3N6OS. The second-order valence-electron chi connectivity index (χ2n) is 7.04. The van der Waals surface area contributed by atoms with E-state index < -0.39 is 6.36 Å². The van der Waals surface area contributed by atoms with E-state index in [1.54, 1.807) is 9.25 Å². The number of anilines is 1. The molecule has 0 amide bonds. The molecular weight excluding hydrogens is 429 g/mol. The number of hydrogen-bond acceptors (Lipinski definition) is 6. The largest absolute Gasteiger partial charge is 0.573 e. The molecule has 0 aliphatic heterocycles. The maximum absolute atomic E-state index is 12.4. The number of aromatic nitrogens is 4. The van der Waals surface area contributed by atoms with Crippen molar-refractivity contribution in [3.8, 4) is 17.0 Å². The van der Waals surface area contributed by atoms with Crippen LogP contribution in [0, 0.1) is 5.41 Å².